The van der Waals surface area contributed by atoms with Crippen LogP contribution in [0.15, 0.2) is 41.8 Å². The highest BCUT2D eigenvalue weighted by molar-refractivity contribution is 5.97. The zero-order valence-corrected chi connectivity index (χ0v) is 36.4. The number of carbonyl (C=O) groups excluding carboxylic acids is 6. The summed E-state index contributed by atoms with van der Waals surface area (Å²) in [6.07, 6.45) is 3.14. The maximum Gasteiger partial charge on any atom is 0.326 e. The van der Waals surface area contributed by atoms with Crippen LogP contribution < -0.4 is 43.8 Å². The van der Waals surface area contributed by atoms with Gasteiger partial charge in [0.1, 0.15) is 42.0 Å². The number of benzene rings is 1. The van der Waals surface area contributed by atoms with Crippen molar-refractivity contribution in [2.75, 3.05) is 13.1 Å². The number of rotatable bonds is 25. The molecule has 1 saturated heterocycles. The molecule has 6 amide bonds. The van der Waals surface area contributed by atoms with E-state index in [0.29, 0.717) is 24.1 Å². The molecule has 23 heteroatoms. The maximum atomic E-state index is 14.3. The highest BCUT2D eigenvalue weighted by Gasteiger charge is 2.40. The molecule has 0 radical (unpaired) electrons. The molecule has 352 valence electrons. The number of aromatic hydroxyl groups is 1. The Morgan fingerprint density at radius 3 is 2.03 bits per heavy atom. The van der Waals surface area contributed by atoms with E-state index in [1.807, 2.05) is 0 Å². The number of aliphatic carboxylic acids is 2. The normalized spacial score (nSPS) is 16.8. The number of phenols is 1. The minimum absolute atomic E-state index is 0.0436. The van der Waals surface area contributed by atoms with Gasteiger partial charge in [0.05, 0.1) is 18.8 Å². The van der Waals surface area contributed by atoms with E-state index >= 15 is 0 Å². The lowest BCUT2D eigenvalue weighted by Gasteiger charge is -2.31. The van der Waals surface area contributed by atoms with Crippen molar-refractivity contribution in [1.29, 1.82) is 0 Å². The van der Waals surface area contributed by atoms with Crippen LogP contribution in [0, 0.1) is 11.8 Å². The fourth-order valence-corrected chi connectivity index (χ4v) is 6.98. The van der Waals surface area contributed by atoms with E-state index in [1.54, 1.807) is 27.7 Å². The number of phenolic OH excluding ortho intramolecular Hbond substituents is 1. The molecule has 0 bridgehead atoms. The number of nitrogens with one attached hydrogen (secondary N) is 6. The number of aliphatic imine (C=N–C) groups is 1. The highest BCUT2D eigenvalue weighted by Crippen LogP contribution is 2.20. The predicted octanol–water partition coefficient (Wildman–Crippen LogP) is -2.04. The Hall–Kier alpha value is -6.78. The number of nitrogens with two attached hydrogens (primary N) is 3. The van der Waals surface area contributed by atoms with Crippen LogP contribution in [0.2, 0.25) is 0 Å². The van der Waals surface area contributed by atoms with Crippen molar-refractivity contribution < 1.29 is 53.7 Å². The number of guanidine groups is 1. The third-order valence-electron chi connectivity index (χ3n) is 10.8. The lowest BCUT2D eigenvalue weighted by Crippen LogP contribution is -2.62. The lowest BCUT2D eigenvalue weighted by atomic mass is 9.96. The number of hydrogen-bond acceptors (Lipinski definition) is 12. The summed E-state index contributed by atoms with van der Waals surface area (Å²) in [5.41, 5.74) is 17.5. The van der Waals surface area contributed by atoms with Crippen LogP contribution >= 0.6 is 0 Å². The van der Waals surface area contributed by atoms with Gasteiger partial charge < -0.3 is 69.0 Å². The standard InChI is InChI=1S/C41H62N12O11/c1-5-22(4)33(38(61)50-29(17-24-19-45-20-47-24)39(62)53-15-7-9-30(53)40(63)64)52-36(59)28(16-23-10-12-25(54)13-11-23)49-37(60)32(21(2)3)51-35(58)27(8-6-14-46-41(43)44)48-34(57)26(42)18-31(55)56/h10-13,19-22,26-30,32-33,54H,5-9,14-18,42H2,1-4H3,(H,45,47)(H,48,57)(H,49,60)(H,50,61)(H,51,58)(H,52,59)(H,55,56)(H,63,64)(H4,43,44,46)/t22-,26-,27-,28-,29-,30-,32-,33?/m0/s1. The maximum absolute atomic E-state index is 14.3. The van der Waals surface area contributed by atoms with Crippen molar-refractivity contribution >= 4 is 53.3 Å². The van der Waals surface area contributed by atoms with Gasteiger partial charge in [-0.1, -0.05) is 46.2 Å². The first kappa shape index (κ1) is 51.6. The Kier molecular flexibility index (Phi) is 19.9. The number of imidazole rings is 1. The largest absolute Gasteiger partial charge is 0.508 e. The second kappa shape index (κ2) is 24.8. The van der Waals surface area contributed by atoms with Crippen molar-refractivity contribution in [3.05, 3.63) is 48.0 Å². The monoisotopic (exact) mass is 898 g/mol. The number of amides is 6. The molecule has 1 aliphatic rings. The van der Waals surface area contributed by atoms with Gasteiger partial charge in [-0.2, -0.15) is 0 Å². The van der Waals surface area contributed by atoms with E-state index in [4.69, 9.17) is 22.3 Å². The summed E-state index contributed by atoms with van der Waals surface area (Å²) in [7, 11) is 0. The van der Waals surface area contributed by atoms with Crippen LogP contribution in [0.5, 0.6) is 5.75 Å². The quantitative estimate of drug-likeness (QED) is 0.0290. The van der Waals surface area contributed by atoms with Gasteiger partial charge in [-0.05, 0) is 55.2 Å². The Morgan fingerprint density at radius 2 is 1.45 bits per heavy atom. The van der Waals surface area contributed by atoms with Gasteiger partial charge >= 0.3 is 11.9 Å². The van der Waals surface area contributed by atoms with Gasteiger partial charge in [-0.3, -0.25) is 38.6 Å². The van der Waals surface area contributed by atoms with E-state index in [9.17, 15) is 48.6 Å². The molecule has 15 N–H and O–H groups in total. The molecule has 1 aromatic heterocycles. The molecule has 23 nitrogen and oxygen atoms in total. The van der Waals surface area contributed by atoms with Crippen LogP contribution in [0.25, 0.3) is 0 Å². The van der Waals surface area contributed by atoms with Gasteiger partial charge in [-0.15, -0.1) is 0 Å². The molecular formula is C41H62N12O11. The number of nitrogens with zero attached hydrogens (tertiary/aromatic N) is 3. The first-order valence-electron chi connectivity index (χ1n) is 21.0. The molecule has 0 saturated carbocycles. The van der Waals surface area contributed by atoms with Crippen molar-refractivity contribution in [3.63, 3.8) is 0 Å². The molecule has 8 atom stereocenters. The third-order valence-corrected chi connectivity index (χ3v) is 10.8. The number of H-pyrrole nitrogens is 1. The summed E-state index contributed by atoms with van der Waals surface area (Å²) in [6.45, 7) is 6.98. The van der Waals surface area contributed by atoms with Crippen LogP contribution in [0.1, 0.15) is 77.5 Å². The fourth-order valence-electron chi connectivity index (χ4n) is 6.98. The minimum Gasteiger partial charge on any atom is -0.508 e. The highest BCUT2D eigenvalue weighted by atomic mass is 16.4. The van der Waals surface area contributed by atoms with Gasteiger partial charge in [0, 0.05) is 37.8 Å². The topological polar surface area (TPSA) is 380 Å². The number of aromatic amines is 1. The second-order valence-electron chi connectivity index (χ2n) is 16.1. The first-order chi connectivity index (χ1) is 30.2. The van der Waals surface area contributed by atoms with Crippen LogP contribution in [0.4, 0.5) is 0 Å². The summed E-state index contributed by atoms with van der Waals surface area (Å²) in [6, 6.07) is -3.26. The van der Waals surface area contributed by atoms with Gasteiger partial charge in [-0.25, -0.2) is 9.78 Å². The number of carboxylic acids is 2. The van der Waals surface area contributed by atoms with Crippen LogP contribution in [-0.2, 0) is 51.2 Å². The molecule has 2 heterocycles. The van der Waals surface area contributed by atoms with Crippen molar-refractivity contribution in [2.24, 2.45) is 34.0 Å². The van der Waals surface area contributed by atoms with Gasteiger partial charge in [0.2, 0.25) is 35.4 Å². The third kappa shape index (κ3) is 15.8. The number of carboxylic acid groups (broad SMARTS) is 2. The number of carbonyl (C=O) groups is 8. The lowest BCUT2D eigenvalue weighted by molar-refractivity contribution is -0.149. The SMILES string of the molecule is CC[C@H](C)C(NC(=O)[C@H](Cc1ccc(O)cc1)NC(=O)[C@@H](NC(=O)[C@H](CCCN=C(N)N)NC(=O)[C@@H](N)CC(=O)O)C(C)C)C(=O)N[C@@H](Cc1cnc[nH]1)C(=O)N1CCC[C@H]1C(=O)O. The molecule has 0 spiro atoms. The minimum atomic E-state index is -1.49. The van der Waals surface area contributed by atoms with Crippen molar-refractivity contribution in [1.82, 2.24) is 41.5 Å². The van der Waals surface area contributed by atoms with E-state index in [2.05, 4.69) is 41.5 Å². The molecule has 0 aliphatic carbocycles. The van der Waals surface area contributed by atoms with Crippen molar-refractivity contribution in [3.8, 4) is 5.75 Å². The molecule has 1 fully saturated rings. The summed E-state index contributed by atoms with van der Waals surface area (Å²) in [5, 5.41) is 42.0. The summed E-state index contributed by atoms with van der Waals surface area (Å²) in [5.74, 6) is -8.67. The summed E-state index contributed by atoms with van der Waals surface area (Å²) in [4.78, 5) is 118. The zero-order valence-electron chi connectivity index (χ0n) is 36.4. The zero-order chi connectivity index (χ0) is 47.7. The van der Waals surface area contributed by atoms with E-state index in [1.165, 1.54) is 41.7 Å². The smallest absolute Gasteiger partial charge is 0.326 e. The Balaban J connectivity index is 1.91. The molecule has 3 rings (SSSR count). The van der Waals surface area contributed by atoms with Crippen LogP contribution in [0.3, 0.4) is 0 Å². The van der Waals surface area contributed by atoms with E-state index in [0.717, 1.165) is 0 Å². The second-order valence-corrected chi connectivity index (χ2v) is 16.1. The van der Waals surface area contributed by atoms with E-state index in [-0.39, 0.29) is 56.9 Å². The molecule has 2 aromatic rings. The van der Waals surface area contributed by atoms with Gasteiger partial charge in [0.25, 0.3) is 0 Å². The Morgan fingerprint density at radius 1 is 0.844 bits per heavy atom. The summed E-state index contributed by atoms with van der Waals surface area (Å²) >= 11 is 0. The molecular weight excluding hydrogens is 837 g/mol. The van der Waals surface area contributed by atoms with Gasteiger partial charge in [0.15, 0.2) is 5.96 Å². The summed E-state index contributed by atoms with van der Waals surface area (Å²) < 4.78 is 0. The average molecular weight is 899 g/mol. The Labute approximate surface area is 370 Å². The predicted molar refractivity (Wildman–Crippen MR) is 231 cm³/mol. The molecule has 64 heavy (non-hydrogen) atoms. The molecule has 1 unspecified atom stereocenters. The van der Waals surface area contributed by atoms with Crippen molar-refractivity contribution in [2.45, 2.75) is 121 Å². The van der Waals surface area contributed by atoms with Crippen LogP contribution in [-0.4, -0.2) is 139 Å². The first-order valence-corrected chi connectivity index (χ1v) is 21.0. The Bertz CT molecular complexity index is 1960. The van der Waals surface area contributed by atoms with E-state index < -0.39 is 108 Å². The number of aromatic nitrogens is 2. The number of likely N-dealkylation sites (tertiary alicyclic amines) is 1. The molecule has 1 aliphatic heterocycles. The fraction of sp³-hybridized carbons (Fsp3) is 0.561. The average Bonchev–Trinajstić information content (AvgIpc) is 3.95. The number of hydrogen-bond donors (Lipinski definition) is 12. The molecule has 1 aromatic carbocycles.